The summed E-state index contributed by atoms with van der Waals surface area (Å²) in [7, 11) is 0. The van der Waals surface area contributed by atoms with Crippen molar-refractivity contribution in [1.29, 1.82) is 0 Å². The van der Waals surface area contributed by atoms with Crippen molar-refractivity contribution in [2.45, 2.75) is 64.3 Å². The topological polar surface area (TPSA) is 38.3 Å². The summed E-state index contributed by atoms with van der Waals surface area (Å²) in [5, 5.41) is 3.26. The van der Waals surface area contributed by atoms with Crippen LogP contribution in [0.25, 0.3) is 0 Å². The second-order valence-electron chi connectivity index (χ2n) is 8.59. The van der Waals surface area contributed by atoms with Crippen LogP contribution in [0.4, 0.5) is 0 Å². The quantitative estimate of drug-likeness (QED) is 0.271. The van der Waals surface area contributed by atoms with Crippen molar-refractivity contribution in [3.8, 4) is 5.75 Å². The first kappa shape index (κ1) is 24.6. The van der Waals surface area contributed by atoms with E-state index in [1.165, 1.54) is 31.2 Å². The molecule has 1 atom stereocenters. The highest BCUT2D eigenvalue weighted by Crippen LogP contribution is 2.22. The first-order valence-corrected chi connectivity index (χ1v) is 12.3. The Bertz CT molecular complexity index is 940. The zero-order valence-electron chi connectivity index (χ0n) is 19.8. The predicted molar refractivity (Wildman–Crippen MR) is 136 cm³/mol. The number of rotatable bonds is 14. The molecule has 1 amide bonds. The standard InChI is InChI=1S/C30H37NO2/c1-2-3-4-5-14-23-33-29-20-13-12-19-27(29)21-22-30(32)31-28(26-17-10-7-11-18-26)24-25-15-8-6-9-16-25/h6-13,15-20,28H,2-5,14,21-24H2,1H3,(H,31,32). The molecular weight excluding hydrogens is 406 g/mol. The first-order valence-electron chi connectivity index (χ1n) is 12.3. The lowest BCUT2D eigenvalue weighted by Gasteiger charge is -2.20. The Morgan fingerprint density at radius 3 is 2.24 bits per heavy atom. The number of amides is 1. The molecule has 0 fully saturated rings. The summed E-state index contributed by atoms with van der Waals surface area (Å²) in [5.74, 6) is 0.971. The van der Waals surface area contributed by atoms with Gasteiger partial charge in [-0.05, 0) is 42.0 Å². The lowest BCUT2D eigenvalue weighted by atomic mass is 9.98. The number of ether oxygens (including phenoxy) is 1. The van der Waals surface area contributed by atoms with Crippen LogP contribution >= 0.6 is 0 Å². The van der Waals surface area contributed by atoms with E-state index < -0.39 is 0 Å². The minimum Gasteiger partial charge on any atom is -0.493 e. The minimum absolute atomic E-state index is 0.0456. The van der Waals surface area contributed by atoms with Gasteiger partial charge in [0.1, 0.15) is 5.75 Å². The van der Waals surface area contributed by atoms with E-state index in [4.69, 9.17) is 4.74 Å². The Morgan fingerprint density at radius 2 is 1.48 bits per heavy atom. The third kappa shape index (κ3) is 8.76. The van der Waals surface area contributed by atoms with E-state index in [1.807, 2.05) is 54.6 Å². The van der Waals surface area contributed by atoms with Gasteiger partial charge in [0.05, 0.1) is 12.6 Å². The van der Waals surface area contributed by atoms with Crippen molar-refractivity contribution >= 4 is 5.91 Å². The Morgan fingerprint density at radius 1 is 0.818 bits per heavy atom. The van der Waals surface area contributed by atoms with E-state index in [0.29, 0.717) is 12.8 Å². The number of carbonyl (C=O) groups is 1. The molecule has 0 saturated heterocycles. The van der Waals surface area contributed by atoms with Crippen molar-refractivity contribution in [1.82, 2.24) is 5.32 Å². The number of para-hydroxylation sites is 1. The van der Waals surface area contributed by atoms with Crippen LogP contribution in [0.3, 0.4) is 0 Å². The number of nitrogens with one attached hydrogen (secondary N) is 1. The molecule has 0 bridgehead atoms. The number of hydrogen-bond acceptors (Lipinski definition) is 2. The normalized spacial score (nSPS) is 11.7. The highest BCUT2D eigenvalue weighted by molar-refractivity contribution is 5.77. The Labute approximate surface area is 199 Å². The molecule has 0 aliphatic rings. The minimum atomic E-state index is -0.0456. The maximum absolute atomic E-state index is 12.9. The Balaban J connectivity index is 1.54. The van der Waals surface area contributed by atoms with Gasteiger partial charge < -0.3 is 10.1 Å². The number of carbonyl (C=O) groups excluding carboxylic acids is 1. The third-order valence-corrected chi connectivity index (χ3v) is 5.92. The molecule has 0 heterocycles. The van der Waals surface area contributed by atoms with E-state index >= 15 is 0 Å². The zero-order valence-corrected chi connectivity index (χ0v) is 19.8. The monoisotopic (exact) mass is 443 g/mol. The lowest BCUT2D eigenvalue weighted by molar-refractivity contribution is -0.121. The van der Waals surface area contributed by atoms with Crippen LogP contribution in [0.1, 0.15) is 68.2 Å². The van der Waals surface area contributed by atoms with Crippen LogP contribution in [0.15, 0.2) is 84.9 Å². The number of unbranched alkanes of at least 4 members (excludes halogenated alkanes) is 4. The molecule has 0 aliphatic carbocycles. The van der Waals surface area contributed by atoms with Gasteiger partial charge in [0.2, 0.25) is 5.91 Å². The van der Waals surface area contributed by atoms with Crippen LogP contribution in [0.2, 0.25) is 0 Å². The molecule has 1 unspecified atom stereocenters. The van der Waals surface area contributed by atoms with Gasteiger partial charge in [-0.2, -0.15) is 0 Å². The molecule has 3 rings (SSSR count). The fourth-order valence-corrected chi connectivity index (χ4v) is 4.04. The smallest absolute Gasteiger partial charge is 0.220 e. The van der Waals surface area contributed by atoms with Gasteiger partial charge in [0.25, 0.3) is 0 Å². The number of benzene rings is 3. The van der Waals surface area contributed by atoms with Crippen molar-refractivity contribution < 1.29 is 9.53 Å². The van der Waals surface area contributed by atoms with E-state index in [1.54, 1.807) is 0 Å². The average Bonchev–Trinajstić information content (AvgIpc) is 2.86. The van der Waals surface area contributed by atoms with Gasteiger partial charge in [0.15, 0.2) is 0 Å². The van der Waals surface area contributed by atoms with E-state index in [0.717, 1.165) is 36.3 Å². The van der Waals surface area contributed by atoms with Crippen LogP contribution in [-0.4, -0.2) is 12.5 Å². The first-order chi connectivity index (χ1) is 16.3. The molecule has 174 valence electrons. The summed E-state index contributed by atoms with van der Waals surface area (Å²) >= 11 is 0. The Hall–Kier alpha value is -3.07. The molecule has 0 saturated carbocycles. The average molecular weight is 444 g/mol. The highest BCUT2D eigenvalue weighted by atomic mass is 16.5. The summed E-state index contributed by atoms with van der Waals surface area (Å²) in [5.41, 5.74) is 3.44. The fraction of sp³-hybridized carbons (Fsp3) is 0.367. The summed E-state index contributed by atoms with van der Waals surface area (Å²) in [6, 6.07) is 28.6. The van der Waals surface area contributed by atoms with E-state index in [-0.39, 0.29) is 11.9 Å². The van der Waals surface area contributed by atoms with Crippen molar-refractivity contribution in [2.75, 3.05) is 6.61 Å². The molecule has 3 aromatic carbocycles. The maximum Gasteiger partial charge on any atom is 0.220 e. The van der Waals surface area contributed by atoms with Gasteiger partial charge in [-0.1, -0.05) is 111 Å². The maximum atomic E-state index is 12.9. The lowest BCUT2D eigenvalue weighted by Crippen LogP contribution is -2.30. The van der Waals surface area contributed by atoms with Crippen LogP contribution in [-0.2, 0) is 17.6 Å². The second-order valence-corrected chi connectivity index (χ2v) is 8.59. The number of aryl methyl sites for hydroxylation is 1. The number of hydrogen-bond donors (Lipinski definition) is 1. The van der Waals surface area contributed by atoms with E-state index in [9.17, 15) is 4.79 Å². The van der Waals surface area contributed by atoms with Gasteiger partial charge in [-0.3, -0.25) is 4.79 Å². The molecule has 0 spiro atoms. The van der Waals surface area contributed by atoms with Crippen LogP contribution in [0, 0.1) is 0 Å². The predicted octanol–water partition coefficient (Wildman–Crippen LogP) is 7.07. The van der Waals surface area contributed by atoms with Crippen LogP contribution < -0.4 is 10.1 Å². The van der Waals surface area contributed by atoms with Crippen molar-refractivity contribution in [3.63, 3.8) is 0 Å². The molecule has 3 heteroatoms. The zero-order chi connectivity index (χ0) is 23.1. The largest absolute Gasteiger partial charge is 0.493 e. The second kappa shape index (κ2) is 14.2. The molecule has 0 aliphatic heterocycles. The molecule has 3 aromatic rings. The van der Waals surface area contributed by atoms with E-state index in [2.05, 4.69) is 42.6 Å². The van der Waals surface area contributed by atoms with Gasteiger partial charge in [0, 0.05) is 6.42 Å². The third-order valence-electron chi connectivity index (χ3n) is 5.92. The Kier molecular flexibility index (Phi) is 10.5. The molecule has 3 nitrogen and oxygen atoms in total. The molecule has 0 aromatic heterocycles. The molecule has 0 radical (unpaired) electrons. The summed E-state index contributed by atoms with van der Waals surface area (Å²) in [4.78, 5) is 12.9. The summed E-state index contributed by atoms with van der Waals surface area (Å²) < 4.78 is 6.05. The molecular formula is C30H37NO2. The highest BCUT2D eigenvalue weighted by Gasteiger charge is 2.16. The van der Waals surface area contributed by atoms with Gasteiger partial charge in [-0.15, -0.1) is 0 Å². The van der Waals surface area contributed by atoms with Crippen molar-refractivity contribution in [3.05, 3.63) is 102 Å². The fourth-order valence-electron chi connectivity index (χ4n) is 4.04. The molecule has 33 heavy (non-hydrogen) atoms. The van der Waals surface area contributed by atoms with Gasteiger partial charge >= 0.3 is 0 Å². The SMILES string of the molecule is CCCCCCCOc1ccccc1CCC(=O)NC(Cc1ccccc1)c1ccccc1. The van der Waals surface area contributed by atoms with Crippen LogP contribution in [0.5, 0.6) is 5.75 Å². The summed E-state index contributed by atoms with van der Waals surface area (Å²) in [6.45, 7) is 2.96. The van der Waals surface area contributed by atoms with Crippen molar-refractivity contribution in [2.24, 2.45) is 0 Å². The molecule has 1 N–H and O–H groups in total. The summed E-state index contributed by atoms with van der Waals surface area (Å²) in [6.07, 6.45) is 7.98. The van der Waals surface area contributed by atoms with Gasteiger partial charge in [-0.25, -0.2) is 0 Å².